The number of nitrogens with zero attached hydrogens (tertiary/aromatic N) is 3. The van der Waals surface area contributed by atoms with Crippen LogP contribution in [-0.2, 0) is 24.4 Å². The van der Waals surface area contributed by atoms with Gasteiger partial charge in [-0.1, -0.05) is 0 Å². The number of hydrogen-bond acceptors (Lipinski definition) is 4. The van der Waals surface area contributed by atoms with Crippen molar-refractivity contribution in [1.29, 1.82) is 0 Å². The third-order valence-electron chi connectivity index (χ3n) is 4.06. The molecule has 0 radical (unpaired) electrons. The van der Waals surface area contributed by atoms with Crippen molar-refractivity contribution in [2.75, 3.05) is 20.3 Å². The SMILES string of the molecule is CCn1ncc2c1C(COC)CN(Cc1ccc(C)o1)C2. The number of hydrogen-bond donors (Lipinski definition) is 0. The minimum Gasteiger partial charge on any atom is -0.465 e. The van der Waals surface area contributed by atoms with E-state index >= 15 is 0 Å². The molecule has 0 amide bonds. The molecule has 0 spiro atoms. The summed E-state index contributed by atoms with van der Waals surface area (Å²) in [5.41, 5.74) is 2.65. The fraction of sp³-hybridized carbons (Fsp3) is 0.562. The first-order valence-corrected chi connectivity index (χ1v) is 7.52. The van der Waals surface area contributed by atoms with Crippen molar-refractivity contribution < 1.29 is 9.15 Å². The highest BCUT2D eigenvalue weighted by atomic mass is 16.5. The molecule has 3 heterocycles. The van der Waals surface area contributed by atoms with E-state index in [0.717, 1.165) is 44.3 Å². The molecule has 0 N–H and O–H groups in total. The lowest BCUT2D eigenvalue weighted by Crippen LogP contribution is -2.35. The van der Waals surface area contributed by atoms with Gasteiger partial charge < -0.3 is 9.15 Å². The van der Waals surface area contributed by atoms with Crippen molar-refractivity contribution in [3.8, 4) is 0 Å². The molecule has 2 aromatic rings. The first kappa shape index (κ1) is 14.4. The van der Waals surface area contributed by atoms with Gasteiger partial charge in [0.15, 0.2) is 0 Å². The summed E-state index contributed by atoms with van der Waals surface area (Å²) in [4.78, 5) is 2.41. The van der Waals surface area contributed by atoms with Crippen LogP contribution in [0.1, 0.15) is 35.6 Å². The lowest BCUT2D eigenvalue weighted by molar-refractivity contribution is 0.128. The molecule has 5 heteroatoms. The lowest BCUT2D eigenvalue weighted by atomic mass is 9.96. The third kappa shape index (κ3) is 2.89. The number of aryl methyl sites for hydroxylation is 2. The van der Waals surface area contributed by atoms with Crippen molar-refractivity contribution in [1.82, 2.24) is 14.7 Å². The molecule has 0 aliphatic carbocycles. The Morgan fingerprint density at radius 2 is 2.29 bits per heavy atom. The van der Waals surface area contributed by atoms with Gasteiger partial charge in [0.05, 0.1) is 19.3 Å². The van der Waals surface area contributed by atoms with Gasteiger partial charge in [0, 0.05) is 43.9 Å². The van der Waals surface area contributed by atoms with E-state index in [4.69, 9.17) is 9.15 Å². The van der Waals surface area contributed by atoms with E-state index < -0.39 is 0 Å². The Balaban J connectivity index is 1.80. The van der Waals surface area contributed by atoms with E-state index in [9.17, 15) is 0 Å². The van der Waals surface area contributed by atoms with Crippen molar-refractivity contribution in [3.05, 3.63) is 41.1 Å². The zero-order chi connectivity index (χ0) is 14.8. The van der Waals surface area contributed by atoms with Gasteiger partial charge in [-0.15, -0.1) is 0 Å². The number of aromatic nitrogens is 2. The van der Waals surface area contributed by atoms with E-state index in [2.05, 4.69) is 27.7 Å². The molecule has 1 aliphatic rings. The van der Waals surface area contributed by atoms with Gasteiger partial charge in [0.1, 0.15) is 11.5 Å². The summed E-state index contributed by atoms with van der Waals surface area (Å²) in [5, 5.41) is 4.51. The quantitative estimate of drug-likeness (QED) is 0.848. The van der Waals surface area contributed by atoms with Gasteiger partial charge >= 0.3 is 0 Å². The number of ether oxygens (including phenoxy) is 1. The zero-order valence-electron chi connectivity index (χ0n) is 13.0. The minimum atomic E-state index is 0.372. The number of methoxy groups -OCH3 is 1. The Morgan fingerprint density at radius 1 is 1.43 bits per heavy atom. The Kier molecular flexibility index (Phi) is 4.12. The predicted octanol–water partition coefficient (Wildman–Crippen LogP) is 2.55. The molecular formula is C16H23N3O2. The first-order valence-electron chi connectivity index (χ1n) is 7.52. The van der Waals surface area contributed by atoms with Crippen molar-refractivity contribution in [3.63, 3.8) is 0 Å². The molecule has 114 valence electrons. The fourth-order valence-corrected chi connectivity index (χ4v) is 3.23. The van der Waals surface area contributed by atoms with E-state index in [0.29, 0.717) is 5.92 Å². The average molecular weight is 289 g/mol. The van der Waals surface area contributed by atoms with Gasteiger partial charge in [0.25, 0.3) is 0 Å². The average Bonchev–Trinajstić information content (AvgIpc) is 3.05. The van der Waals surface area contributed by atoms with Crippen LogP contribution in [0.15, 0.2) is 22.7 Å². The monoisotopic (exact) mass is 289 g/mol. The van der Waals surface area contributed by atoms with Crippen LogP contribution in [-0.4, -0.2) is 34.9 Å². The summed E-state index contributed by atoms with van der Waals surface area (Å²) in [7, 11) is 1.77. The van der Waals surface area contributed by atoms with E-state index in [1.807, 2.05) is 19.2 Å². The molecule has 3 rings (SSSR count). The van der Waals surface area contributed by atoms with Crippen LogP contribution in [0.3, 0.4) is 0 Å². The largest absolute Gasteiger partial charge is 0.465 e. The van der Waals surface area contributed by atoms with Crippen LogP contribution < -0.4 is 0 Å². The molecule has 0 fully saturated rings. The van der Waals surface area contributed by atoms with E-state index in [1.165, 1.54) is 11.3 Å². The second-order valence-corrected chi connectivity index (χ2v) is 5.71. The zero-order valence-corrected chi connectivity index (χ0v) is 13.0. The maximum absolute atomic E-state index is 5.70. The summed E-state index contributed by atoms with van der Waals surface area (Å²) in [6, 6.07) is 4.08. The second-order valence-electron chi connectivity index (χ2n) is 5.71. The van der Waals surface area contributed by atoms with Gasteiger partial charge in [0.2, 0.25) is 0 Å². The first-order chi connectivity index (χ1) is 10.2. The van der Waals surface area contributed by atoms with Gasteiger partial charge in [-0.2, -0.15) is 5.10 Å². The van der Waals surface area contributed by atoms with Crippen molar-refractivity contribution in [2.24, 2.45) is 0 Å². The van der Waals surface area contributed by atoms with Crippen LogP contribution in [0, 0.1) is 6.92 Å². The normalized spacial score (nSPS) is 18.9. The summed E-state index contributed by atoms with van der Waals surface area (Å²) < 4.78 is 13.2. The Bertz CT molecular complexity index is 602. The van der Waals surface area contributed by atoms with E-state index in [1.54, 1.807) is 7.11 Å². The Labute approximate surface area is 125 Å². The molecular weight excluding hydrogens is 266 g/mol. The standard InChI is InChI=1S/C16H23N3O2/c1-4-19-16-13(7-17-19)8-18(9-14(16)11-20-3)10-15-6-5-12(2)21-15/h5-7,14H,4,8-11H2,1-3H3. The molecule has 0 saturated heterocycles. The molecule has 0 bridgehead atoms. The molecule has 1 atom stereocenters. The van der Waals surface area contributed by atoms with Crippen LogP contribution >= 0.6 is 0 Å². The van der Waals surface area contributed by atoms with Gasteiger partial charge in [-0.05, 0) is 26.0 Å². The van der Waals surface area contributed by atoms with Crippen LogP contribution in [0.2, 0.25) is 0 Å². The highest BCUT2D eigenvalue weighted by Crippen LogP contribution is 2.29. The second kappa shape index (κ2) is 6.03. The highest BCUT2D eigenvalue weighted by Gasteiger charge is 2.29. The van der Waals surface area contributed by atoms with Crippen LogP contribution in [0.4, 0.5) is 0 Å². The fourth-order valence-electron chi connectivity index (χ4n) is 3.23. The van der Waals surface area contributed by atoms with Crippen molar-refractivity contribution in [2.45, 2.75) is 39.4 Å². The summed E-state index contributed by atoms with van der Waals surface area (Å²) in [5.74, 6) is 2.36. The molecule has 21 heavy (non-hydrogen) atoms. The lowest BCUT2D eigenvalue weighted by Gasteiger charge is -2.32. The molecule has 5 nitrogen and oxygen atoms in total. The number of rotatable bonds is 5. The minimum absolute atomic E-state index is 0.372. The smallest absolute Gasteiger partial charge is 0.118 e. The molecule has 0 saturated carbocycles. The van der Waals surface area contributed by atoms with Crippen molar-refractivity contribution >= 4 is 0 Å². The molecule has 1 unspecified atom stereocenters. The molecule has 2 aromatic heterocycles. The summed E-state index contributed by atoms with van der Waals surface area (Å²) >= 11 is 0. The summed E-state index contributed by atoms with van der Waals surface area (Å²) in [6.45, 7) is 8.50. The third-order valence-corrected chi connectivity index (χ3v) is 4.06. The predicted molar refractivity (Wildman–Crippen MR) is 80.1 cm³/mol. The number of fused-ring (bicyclic) bond motifs is 1. The van der Waals surface area contributed by atoms with E-state index in [-0.39, 0.29) is 0 Å². The maximum atomic E-state index is 5.70. The Morgan fingerprint density at radius 3 is 2.95 bits per heavy atom. The maximum Gasteiger partial charge on any atom is 0.118 e. The van der Waals surface area contributed by atoms with Crippen LogP contribution in [0.5, 0.6) is 0 Å². The summed E-state index contributed by atoms with van der Waals surface area (Å²) in [6.07, 6.45) is 2.00. The molecule has 0 aromatic carbocycles. The topological polar surface area (TPSA) is 43.4 Å². The molecule has 1 aliphatic heterocycles. The number of furan rings is 1. The highest BCUT2D eigenvalue weighted by molar-refractivity contribution is 5.25. The Hall–Kier alpha value is -1.59. The van der Waals surface area contributed by atoms with Gasteiger partial charge in [-0.3, -0.25) is 9.58 Å². The van der Waals surface area contributed by atoms with Gasteiger partial charge in [-0.25, -0.2) is 0 Å². The van der Waals surface area contributed by atoms with Crippen LogP contribution in [0.25, 0.3) is 0 Å².